The molecule has 2 aliphatic rings. The first kappa shape index (κ1) is 19.8. The Morgan fingerprint density at radius 1 is 1.10 bits per heavy atom. The molecule has 1 aliphatic carbocycles. The van der Waals surface area contributed by atoms with Crippen molar-refractivity contribution in [3.63, 3.8) is 0 Å². The number of ketones is 1. The van der Waals surface area contributed by atoms with Crippen molar-refractivity contribution < 1.29 is 4.79 Å². The third kappa shape index (κ3) is 3.31. The fourth-order valence-electron chi connectivity index (χ4n) is 5.07. The zero-order chi connectivity index (χ0) is 21.8. The lowest BCUT2D eigenvalue weighted by Crippen LogP contribution is -2.33. The minimum absolute atomic E-state index is 0.0485. The Balaban J connectivity index is 1.70. The van der Waals surface area contributed by atoms with Crippen molar-refractivity contribution in [3.05, 3.63) is 71.4 Å². The first-order chi connectivity index (χ1) is 14.9. The van der Waals surface area contributed by atoms with Gasteiger partial charge in [-0.05, 0) is 60.2 Å². The average Bonchev–Trinajstić information content (AvgIpc) is 2.76. The summed E-state index contributed by atoms with van der Waals surface area (Å²) in [6.45, 7) is 7.50. The highest BCUT2D eigenvalue weighted by atomic mass is 16.1. The molecule has 2 heterocycles. The molecule has 1 unspecified atom stereocenters. The van der Waals surface area contributed by atoms with Crippen molar-refractivity contribution in [1.82, 2.24) is 4.98 Å². The van der Waals surface area contributed by atoms with E-state index in [0.29, 0.717) is 6.42 Å². The Kier molecular flexibility index (Phi) is 4.62. The number of benzene rings is 2. The van der Waals surface area contributed by atoms with Gasteiger partial charge in [0.2, 0.25) is 0 Å². The number of hydrogen-bond donors (Lipinski definition) is 1. The van der Waals surface area contributed by atoms with Crippen LogP contribution in [0.4, 0.5) is 11.4 Å². The number of fused-ring (bicyclic) bond motifs is 4. The fraction of sp³-hybridized carbons (Fsp3) is 0.333. The minimum atomic E-state index is -0.124. The molecular weight excluding hydrogens is 382 g/mol. The van der Waals surface area contributed by atoms with Gasteiger partial charge in [-0.1, -0.05) is 32.0 Å². The first-order valence-corrected chi connectivity index (χ1v) is 11.1. The summed E-state index contributed by atoms with van der Waals surface area (Å²) in [6, 6.07) is 16.8. The van der Waals surface area contributed by atoms with Crippen molar-refractivity contribution in [1.29, 1.82) is 0 Å². The molecule has 1 N–H and O–H groups in total. The molecule has 0 amide bonds. The number of allylic oxidation sites excluding steroid dienone is 1. The van der Waals surface area contributed by atoms with Crippen molar-refractivity contribution in [2.75, 3.05) is 23.8 Å². The summed E-state index contributed by atoms with van der Waals surface area (Å²) < 4.78 is 0. The summed E-state index contributed by atoms with van der Waals surface area (Å²) >= 11 is 0. The van der Waals surface area contributed by atoms with E-state index in [-0.39, 0.29) is 17.2 Å². The lowest BCUT2D eigenvalue weighted by atomic mass is 9.68. The summed E-state index contributed by atoms with van der Waals surface area (Å²) in [7, 11) is 2.09. The number of aromatic nitrogens is 1. The number of Topliss-reactive ketones (excluding diaryl/α,β-unsaturated/α-hetero) is 1. The Hall–Kier alpha value is -3.14. The maximum Gasteiger partial charge on any atom is 0.162 e. The molecule has 158 valence electrons. The van der Waals surface area contributed by atoms with E-state index in [1.54, 1.807) is 0 Å². The zero-order valence-corrected chi connectivity index (χ0v) is 18.7. The van der Waals surface area contributed by atoms with Gasteiger partial charge in [-0.3, -0.25) is 9.78 Å². The predicted molar refractivity (Wildman–Crippen MR) is 128 cm³/mol. The molecule has 31 heavy (non-hydrogen) atoms. The second-order valence-electron chi connectivity index (χ2n) is 9.57. The highest BCUT2D eigenvalue weighted by Gasteiger charge is 2.40. The van der Waals surface area contributed by atoms with Gasteiger partial charge >= 0.3 is 0 Å². The van der Waals surface area contributed by atoms with Crippen LogP contribution < -0.4 is 10.2 Å². The third-order valence-corrected chi connectivity index (χ3v) is 6.74. The molecule has 1 aromatic heterocycles. The molecule has 3 aromatic rings. The maximum absolute atomic E-state index is 13.5. The van der Waals surface area contributed by atoms with Crippen LogP contribution in [-0.4, -0.2) is 24.4 Å². The van der Waals surface area contributed by atoms with E-state index >= 15 is 0 Å². The molecule has 5 rings (SSSR count). The van der Waals surface area contributed by atoms with Crippen molar-refractivity contribution in [2.45, 2.75) is 39.7 Å². The number of carbonyl (C=O) groups is 1. The van der Waals surface area contributed by atoms with Gasteiger partial charge in [0, 0.05) is 54.1 Å². The normalized spacial score (nSPS) is 19.6. The standard InChI is InChI=1S/C27H29N3O/c1-5-30(4)18-10-8-17(9-11-18)26-25-20(15-27(2,3)16-23(25)31)24-19-7-6-14-28-21(19)12-13-22(24)29-26/h6-14,26,29H,5,15-16H2,1-4H3. The molecule has 1 aliphatic heterocycles. The van der Waals surface area contributed by atoms with Crippen LogP contribution in [0.2, 0.25) is 0 Å². The second kappa shape index (κ2) is 7.23. The van der Waals surface area contributed by atoms with Gasteiger partial charge in [-0.2, -0.15) is 0 Å². The van der Waals surface area contributed by atoms with E-state index in [1.807, 2.05) is 12.3 Å². The van der Waals surface area contributed by atoms with Crippen molar-refractivity contribution >= 4 is 33.6 Å². The second-order valence-corrected chi connectivity index (χ2v) is 9.57. The zero-order valence-electron chi connectivity index (χ0n) is 18.7. The van der Waals surface area contributed by atoms with Gasteiger partial charge in [0.15, 0.2) is 5.78 Å². The van der Waals surface area contributed by atoms with Crippen LogP contribution in [0.1, 0.15) is 50.8 Å². The van der Waals surface area contributed by atoms with Crippen molar-refractivity contribution in [2.24, 2.45) is 5.41 Å². The highest BCUT2D eigenvalue weighted by Crippen LogP contribution is 2.51. The summed E-state index contributed by atoms with van der Waals surface area (Å²) in [4.78, 5) is 20.2. The number of hydrogen-bond acceptors (Lipinski definition) is 4. The van der Waals surface area contributed by atoms with Crippen LogP contribution in [0.3, 0.4) is 0 Å². The van der Waals surface area contributed by atoms with Crippen LogP contribution in [0.15, 0.2) is 60.3 Å². The predicted octanol–water partition coefficient (Wildman–Crippen LogP) is 6.00. The topological polar surface area (TPSA) is 45.2 Å². The number of anilines is 2. The summed E-state index contributed by atoms with van der Waals surface area (Å²) in [5.41, 5.74) is 7.59. The largest absolute Gasteiger partial charge is 0.375 e. The van der Waals surface area contributed by atoms with E-state index in [0.717, 1.165) is 46.3 Å². The lowest BCUT2D eigenvalue weighted by Gasteiger charge is -2.40. The molecule has 1 atom stereocenters. The number of nitrogens with one attached hydrogen (secondary N) is 1. The number of rotatable bonds is 3. The van der Waals surface area contributed by atoms with Gasteiger partial charge in [0.25, 0.3) is 0 Å². The Labute approximate surface area is 184 Å². The Morgan fingerprint density at radius 2 is 1.87 bits per heavy atom. The Morgan fingerprint density at radius 3 is 2.61 bits per heavy atom. The summed E-state index contributed by atoms with van der Waals surface area (Å²) in [5, 5.41) is 4.82. The van der Waals surface area contributed by atoms with E-state index in [4.69, 9.17) is 0 Å². The van der Waals surface area contributed by atoms with Crippen LogP contribution in [0.5, 0.6) is 0 Å². The van der Waals surface area contributed by atoms with Gasteiger partial charge < -0.3 is 10.2 Å². The fourth-order valence-corrected chi connectivity index (χ4v) is 5.07. The minimum Gasteiger partial charge on any atom is -0.375 e. The monoisotopic (exact) mass is 411 g/mol. The third-order valence-electron chi connectivity index (χ3n) is 6.74. The summed E-state index contributed by atoms with van der Waals surface area (Å²) in [6.07, 6.45) is 3.30. The molecule has 0 radical (unpaired) electrons. The molecule has 4 heteroatoms. The molecule has 0 saturated carbocycles. The van der Waals surface area contributed by atoms with E-state index < -0.39 is 0 Å². The lowest BCUT2D eigenvalue weighted by molar-refractivity contribution is -0.118. The SMILES string of the molecule is CCN(C)c1ccc(C2Nc3ccc4ncccc4c3C3=C2C(=O)CC(C)(C)C3)cc1. The average molecular weight is 412 g/mol. The van der Waals surface area contributed by atoms with Crippen LogP contribution in [0.25, 0.3) is 16.5 Å². The summed E-state index contributed by atoms with van der Waals surface area (Å²) in [5.74, 6) is 0.255. The van der Waals surface area contributed by atoms with Gasteiger partial charge in [-0.15, -0.1) is 0 Å². The van der Waals surface area contributed by atoms with Crippen LogP contribution in [0, 0.1) is 5.41 Å². The maximum atomic E-state index is 13.5. The van der Waals surface area contributed by atoms with Gasteiger partial charge in [0.1, 0.15) is 0 Å². The number of carbonyl (C=O) groups excluding carboxylic acids is 1. The quantitative estimate of drug-likeness (QED) is 0.574. The van der Waals surface area contributed by atoms with Crippen LogP contribution in [-0.2, 0) is 4.79 Å². The van der Waals surface area contributed by atoms with Crippen LogP contribution >= 0.6 is 0 Å². The van der Waals surface area contributed by atoms with E-state index in [2.05, 4.69) is 85.5 Å². The molecule has 0 fully saturated rings. The molecular formula is C27H29N3O. The molecule has 4 nitrogen and oxygen atoms in total. The van der Waals surface area contributed by atoms with E-state index in [1.165, 1.54) is 11.3 Å². The first-order valence-electron chi connectivity index (χ1n) is 11.1. The highest BCUT2D eigenvalue weighted by molar-refractivity contribution is 6.12. The Bertz CT molecular complexity index is 1210. The molecule has 0 spiro atoms. The molecule has 0 bridgehead atoms. The number of nitrogens with zero attached hydrogens (tertiary/aromatic N) is 2. The van der Waals surface area contributed by atoms with Gasteiger partial charge in [-0.25, -0.2) is 0 Å². The smallest absolute Gasteiger partial charge is 0.162 e. The molecule has 2 aromatic carbocycles. The number of pyridine rings is 1. The van der Waals surface area contributed by atoms with Gasteiger partial charge in [0.05, 0.1) is 11.6 Å². The van der Waals surface area contributed by atoms with E-state index in [9.17, 15) is 4.79 Å². The molecule has 0 saturated heterocycles. The van der Waals surface area contributed by atoms with Crippen molar-refractivity contribution in [3.8, 4) is 0 Å².